The standard InChI is InChI=1S/C20H19ClN2O2/c1-2-3-4-13-5-8-16-14(11-13)6-9-19(25)20(16)23-22-17-12-15(21)7-10-18(17)24/h5-12,24-25H,2-4H2,1H3. The van der Waals surface area contributed by atoms with Gasteiger partial charge in [-0.15, -0.1) is 10.2 Å². The van der Waals surface area contributed by atoms with Crippen molar-refractivity contribution >= 4 is 33.7 Å². The Bertz CT molecular complexity index is 938. The second-order valence-corrected chi connectivity index (χ2v) is 6.36. The highest BCUT2D eigenvalue weighted by molar-refractivity contribution is 6.30. The minimum absolute atomic E-state index is 0.0188. The number of aryl methyl sites for hydroxylation is 1. The summed E-state index contributed by atoms with van der Waals surface area (Å²) < 4.78 is 0. The van der Waals surface area contributed by atoms with Gasteiger partial charge in [0.25, 0.3) is 0 Å². The molecule has 0 unspecified atom stereocenters. The predicted molar refractivity (Wildman–Crippen MR) is 102 cm³/mol. The van der Waals surface area contributed by atoms with Crippen LogP contribution in [0.5, 0.6) is 11.5 Å². The first-order valence-corrected chi connectivity index (χ1v) is 8.61. The molecule has 0 amide bonds. The highest BCUT2D eigenvalue weighted by Crippen LogP contribution is 2.38. The Morgan fingerprint density at radius 1 is 0.920 bits per heavy atom. The molecule has 0 aromatic heterocycles. The van der Waals surface area contributed by atoms with E-state index in [2.05, 4.69) is 23.2 Å². The molecule has 0 aliphatic heterocycles. The van der Waals surface area contributed by atoms with E-state index in [1.807, 2.05) is 18.2 Å². The van der Waals surface area contributed by atoms with Gasteiger partial charge in [0.2, 0.25) is 0 Å². The smallest absolute Gasteiger partial charge is 0.143 e. The van der Waals surface area contributed by atoms with Crippen LogP contribution in [0.15, 0.2) is 58.8 Å². The number of halogens is 1. The SMILES string of the molecule is CCCCc1ccc2c(N=Nc3cc(Cl)ccc3O)c(O)ccc2c1. The molecule has 0 aliphatic rings. The van der Waals surface area contributed by atoms with Crippen molar-refractivity contribution in [2.24, 2.45) is 10.2 Å². The zero-order valence-corrected chi connectivity index (χ0v) is 14.7. The van der Waals surface area contributed by atoms with Gasteiger partial charge in [-0.3, -0.25) is 0 Å². The van der Waals surface area contributed by atoms with Crippen molar-refractivity contribution in [2.45, 2.75) is 26.2 Å². The van der Waals surface area contributed by atoms with Gasteiger partial charge in [-0.1, -0.05) is 49.2 Å². The van der Waals surface area contributed by atoms with Crippen LogP contribution < -0.4 is 0 Å². The van der Waals surface area contributed by atoms with E-state index >= 15 is 0 Å². The average molecular weight is 355 g/mol. The van der Waals surface area contributed by atoms with Gasteiger partial charge in [-0.05, 0) is 48.1 Å². The van der Waals surface area contributed by atoms with Gasteiger partial charge in [-0.2, -0.15) is 0 Å². The lowest BCUT2D eigenvalue weighted by Crippen LogP contribution is -1.85. The third-order valence-electron chi connectivity index (χ3n) is 4.05. The van der Waals surface area contributed by atoms with Gasteiger partial charge in [0.05, 0.1) is 0 Å². The number of unbranched alkanes of at least 4 members (excludes halogenated alkanes) is 1. The molecule has 0 bridgehead atoms. The zero-order valence-electron chi connectivity index (χ0n) is 13.9. The molecule has 2 N–H and O–H groups in total. The number of hydrogen-bond acceptors (Lipinski definition) is 4. The number of aromatic hydroxyl groups is 2. The highest BCUT2D eigenvalue weighted by atomic mass is 35.5. The number of fused-ring (bicyclic) bond motifs is 1. The van der Waals surface area contributed by atoms with E-state index < -0.39 is 0 Å². The summed E-state index contributed by atoms with van der Waals surface area (Å²) in [5.41, 5.74) is 1.89. The summed E-state index contributed by atoms with van der Waals surface area (Å²) in [7, 11) is 0. The van der Waals surface area contributed by atoms with Crippen LogP contribution in [-0.4, -0.2) is 10.2 Å². The molecule has 3 aromatic rings. The van der Waals surface area contributed by atoms with Crippen LogP contribution in [0.25, 0.3) is 10.8 Å². The number of azo groups is 1. The fourth-order valence-corrected chi connectivity index (χ4v) is 2.84. The van der Waals surface area contributed by atoms with E-state index in [0.29, 0.717) is 10.7 Å². The zero-order chi connectivity index (χ0) is 17.8. The second-order valence-electron chi connectivity index (χ2n) is 5.93. The lowest BCUT2D eigenvalue weighted by molar-refractivity contribution is 0.474. The van der Waals surface area contributed by atoms with Gasteiger partial charge >= 0.3 is 0 Å². The fraction of sp³-hybridized carbons (Fsp3) is 0.200. The quantitative estimate of drug-likeness (QED) is 0.503. The summed E-state index contributed by atoms with van der Waals surface area (Å²) in [6, 6.07) is 14.1. The van der Waals surface area contributed by atoms with Crippen molar-refractivity contribution < 1.29 is 10.2 Å². The third kappa shape index (κ3) is 3.91. The average Bonchev–Trinajstić information content (AvgIpc) is 2.61. The Kier molecular flexibility index (Phi) is 5.19. The number of phenolic OH excluding ortho intramolecular Hbond substituents is 2. The molecule has 5 heteroatoms. The first kappa shape index (κ1) is 17.2. The molecule has 0 atom stereocenters. The number of benzene rings is 3. The summed E-state index contributed by atoms with van der Waals surface area (Å²) >= 11 is 5.92. The highest BCUT2D eigenvalue weighted by Gasteiger charge is 2.08. The molecular weight excluding hydrogens is 336 g/mol. The normalized spacial score (nSPS) is 11.4. The van der Waals surface area contributed by atoms with Crippen molar-refractivity contribution in [3.05, 3.63) is 59.1 Å². The number of hydrogen-bond donors (Lipinski definition) is 2. The van der Waals surface area contributed by atoms with E-state index in [1.165, 1.54) is 17.7 Å². The summed E-state index contributed by atoms with van der Waals surface area (Å²) in [5, 5.41) is 30.5. The molecular formula is C20H19ClN2O2. The third-order valence-corrected chi connectivity index (χ3v) is 4.28. The van der Waals surface area contributed by atoms with Crippen LogP contribution in [0.2, 0.25) is 5.02 Å². The van der Waals surface area contributed by atoms with Crippen LogP contribution in [0.1, 0.15) is 25.3 Å². The Balaban J connectivity index is 2.01. The van der Waals surface area contributed by atoms with Crippen LogP contribution >= 0.6 is 11.6 Å². The summed E-state index contributed by atoms with van der Waals surface area (Å²) in [4.78, 5) is 0. The second kappa shape index (κ2) is 7.53. The number of phenols is 2. The van der Waals surface area contributed by atoms with E-state index in [-0.39, 0.29) is 17.2 Å². The fourth-order valence-electron chi connectivity index (χ4n) is 2.67. The van der Waals surface area contributed by atoms with Crippen LogP contribution in [0.3, 0.4) is 0 Å². The van der Waals surface area contributed by atoms with Gasteiger partial charge in [0.15, 0.2) is 0 Å². The predicted octanol–water partition coefficient (Wildman–Crippen LogP) is 6.66. The Morgan fingerprint density at radius 3 is 2.52 bits per heavy atom. The number of rotatable bonds is 5. The molecule has 0 heterocycles. The summed E-state index contributed by atoms with van der Waals surface area (Å²) in [6.45, 7) is 2.17. The lowest BCUT2D eigenvalue weighted by Gasteiger charge is -2.07. The summed E-state index contributed by atoms with van der Waals surface area (Å²) in [6.07, 6.45) is 3.32. The molecule has 0 spiro atoms. The van der Waals surface area contributed by atoms with Crippen LogP contribution in [0, 0.1) is 0 Å². The van der Waals surface area contributed by atoms with Gasteiger partial charge in [0, 0.05) is 10.4 Å². The topological polar surface area (TPSA) is 65.2 Å². The molecule has 0 aliphatic carbocycles. The maximum absolute atomic E-state index is 10.2. The van der Waals surface area contributed by atoms with Crippen molar-refractivity contribution in [1.82, 2.24) is 0 Å². The Labute approximate surface area is 151 Å². The summed E-state index contributed by atoms with van der Waals surface area (Å²) in [5.74, 6) is 0.0220. The minimum atomic E-state index is -0.0188. The van der Waals surface area contributed by atoms with E-state index in [0.717, 1.165) is 30.0 Å². The maximum atomic E-state index is 10.2. The molecule has 0 radical (unpaired) electrons. The molecule has 4 nitrogen and oxygen atoms in total. The van der Waals surface area contributed by atoms with E-state index in [9.17, 15) is 10.2 Å². The van der Waals surface area contributed by atoms with Crippen LogP contribution in [-0.2, 0) is 6.42 Å². The van der Waals surface area contributed by atoms with Gasteiger partial charge < -0.3 is 10.2 Å². The monoisotopic (exact) mass is 354 g/mol. The minimum Gasteiger partial charge on any atom is -0.506 e. The van der Waals surface area contributed by atoms with Crippen molar-refractivity contribution in [2.75, 3.05) is 0 Å². The van der Waals surface area contributed by atoms with Gasteiger partial charge in [-0.25, -0.2) is 0 Å². The Morgan fingerprint density at radius 2 is 1.72 bits per heavy atom. The largest absolute Gasteiger partial charge is 0.506 e. The molecule has 3 aromatic carbocycles. The van der Waals surface area contributed by atoms with Crippen molar-refractivity contribution in [1.29, 1.82) is 0 Å². The molecule has 0 saturated heterocycles. The van der Waals surface area contributed by atoms with Gasteiger partial charge in [0.1, 0.15) is 22.9 Å². The maximum Gasteiger partial charge on any atom is 0.143 e. The van der Waals surface area contributed by atoms with Crippen molar-refractivity contribution in [3.8, 4) is 11.5 Å². The molecule has 0 fully saturated rings. The van der Waals surface area contributed by atoms with E-state index in [1.54, 1.807) is 12.1 Å². The lowest BCUT2D eigenvalue weighted by atomic mass is 10.0. The first-order valence-electron chi connectivity index (χ1n) is 8.23. The molecule has 3 rings (SSSR count). The first-order chi connectivity index (χ1) is 12.1. The molecule has 25 heavy (non-hydrogen) atoms. The van der Waals surface area contributed by atoms with Crippen molar-refractivity contribution in [3.63, 3.8) is 0 Å². The Hall–Kier alpha value is -2.59. The van der Waals surface area contributed by atoms with E-state index in [4.69, 9.17) is 11.6 Å². The molecule has 0 saturated carbocycles. The van der Waals surface area contributed by atoms with Crippen LogP contribution in [0.4, 0.5) is 11.4 Å². The number of nitrogens with zero attached hydrogens (tertiary/aromatic N) is 2. The molecule has 128 valence electrons.